The van der Waals surface area contributed by atoms with Crippen LogP contribution in [0.2, 0.25) is 0 Å². The Bertz CT molecular complexity index is 1300. The molecule has 1 aromatic carbocycles. The van der Waals surface area contributed by atoms with E-state index in [4.69, 9.17) is 9.47 Å². The zero-order chi connectivity index (χ0) is 22.5. The number of aromatic nitrogens is 4. The van der Waals surface area contributed by atoms with Crippen LogP contribution in [0.4, 0.5) is 0 Å². The second kappa shape index (κ2) is 8.15. The van der Waals surface area contributed by atoms with Gasteiger partial charge in [-0.1, -0.05) is 19.9 Å². The lowest BCUT2D eigenvalue weighted by atomic mass is 9.88. The maximum absolute atomic E-state index is 5.61. The largest absolute Gasteiger partial charge is 0.493 e. The summed E-state index contributed by atoms with van der Waals surface area (Å²) in [6.45, 7) is 8.65. The van der Waals surface area contributed by atoms with E-state index in [0.717, 1.165) is 42.4 Å². The normalized spacial score (nSPS) is 20.1. The molecule has 3 aromatic heterocycles. The number of hydrogen-bond acceptors (Lipinski definition) is 5. The van der Waals surface area contributed by atoms with Crippen LogP contribution < -0.4 is 4.74 Å². The summed E-state index contributed by atoms with van der Waals surface area (Å²) in [5.74, 6) is 1.67. The third-order valence-corrected chi connectivity index (χ3v) is 7.35. The highest BCUT2D eigenvalue weighted by atomic mass is 16.5. The summed E-state index contributed by atoms with van der Waals surface area (Å²) in [7, 11) is 1.68. The van der Waals surface area contributed by atoms with Gasteiger partial charge in [0.05, 0.1) is 32.1 Å². The maximum atomic E-state index is 5.61. The monoisotopic (exact) mass is 445 g/mol. The van der Waals surface area contributed by atoms with Crippen LogP contribution in [0.25, 0.3) is 27.8 Å². The van der Waals surface area contributed by atoms with Gasteiger partial charge in [0.2, 0.25) is 0 Å². The van der Waals surface area contributed by atoms with Crippen molar-refractivity contribution >= 4 is 16.6 Å². The molecule has 2 saturated heterocycles. The first-order valence-electron chi connectivity index (χ1n) is 12.0. The molecule has 2 aliphatic rings. The molecule has 1 N–H and O–H groups in total. The Kier molecular flexibility index (Phi) is 5.11. The molecule has 0 spiro atoms. The number of benzene rings is 1. The minimum absolute atomic E-state index is 0.372. The fourth-order valence-electron chi connectivity index (χ4n) is 5.54. The molecule has 0 amide bonds. The van der Waals surface area contributed by atoms with Crippen molar-refractivity contribution in [3.63, 3.8) is 0 Å². The number of hydrogen-bond donors (Lipinski definition) is 1. The first kappa shape index (κ1) is 20.7. The van der Waals surface area contributed by atoms with Gasteiger partial charge in [0, 0.05) is 29.2 Å². The number of fused-ring (bicyclic) bond motifs is 2. The summed E-state index contributed by atoms with van der Waals surface area (Å²) in [6, 6.07) is 9.68. The van der Waals surface area contributed by atoms with Crippen molar-refractivity contribution < 1.29 is 9.47 Å². The van der Waals surface area contributed by atoms with Crippen LogP contribution in [-0.2, 0) is 4.74 Å². The predicted octanol–water partition coefficient (Wildman–Crippen LogP) is 4.59. The Morgan fingerprint density at radius 3 is 2.85 bits per heavy atom. The summed E-state index contributed by atoms with van der Waals surface area (Å²) in [5, 5.41) is 5.67. The summed E-state index contributed by atoms with van der Waals surface area (Å²) in [5.41, 5.74) is 6.88. The molecule has 0 saturated carbocycles. The molecule has 0 aliphatic carbocycles. The molecule has 1 unspecified atom stereocenters. The van der Waals surface area contributed by atoms with E-state index >= 15 is 0 Å². The Morgan fingerprint density at radius 2 is 2.09 bits per heavy atom. The van der Waals surface area contributed by atoms with Crippen molar-refractivity contribution in [2.45, 2.75) is 44.6 Å². The van der Waals surface area contributed by atoms with E-state index in [9.17, 15) is 0 Å². The number of likely N-dealkylation sites (tertiary alicyclic amines) is 1. The Labute approximate surface area is 193 Å². The molecule has 33 heavy (non-hydrogen) atoms. The van der Waals surface area contributed by atoms with Gasteiger partial charge < -0.3 is 14.5 Å². The fourth-order valence-corrected chi connectivity index (χ4v) is 5.54. The molecule has 4 aromatic rings. The van der Waals surface area contributed by atoms with E-state index in [1.54, 1.807) is 18.0 Å². The molecular formula is C26H31N5O2. The van der Waals surface area contributed by atoms with Gasteiger partial charge in [0.15, 0.2) is 11.4 Å². The highest BCUT2D eigenvalue weighted by Gasteiger charge is 2.31. The quantitative estimate of drug-likeness (QED) is 0.487. The number of rotatable bonds is 5. The van der Waals surface area contributed by atoms with Crippen LogP contribution >= 0.6 is 0 Å². The number of methoxy groups -OCH3 is 1. The summed E-state index contributed by atoms with van der Waals surface area (Å²) in [4.78, 5) is 10.7. The number of piperidine rings is 1. The van der Waals surface area contributed by atoms with E-state index in [1.807, 2.05) is 6.20 Å². The Morgan fingerprint density at radius 1 is 1.21 bits per heavy atom. The van der Waals surface area contributed by atoms with Crippen LogP contribution in [-0.4, -0.2) is 63.9 Å². The third-order valence-electron chi connectivity index (χ3n) is 7.35. The van der Waals surface area contributed by atoms with E-state index in [0.29, 0.717) is 17.9 Å². The number of pyridine rings is 1. The second-order valence-corrected chi connectivity index (χ2v) is 9.72. The number of H-pyrrole nitrogens is 1. The van der Waals surface area contributed by atoms with Gasteiger partial charge >= 0.3 is 0 Å². The van der Waals surface area contributed by atoms with E-state index in [2.05, 4.69) is 58.1 Å². The summed E-state index contributed by atoms with van der Waals surface area (Å²) >= 11 is 0. The van der Waals surface area contributed by atoms with Crippen LogP contribution in [0.5, 0.6) is 5.75 Å². The summed E-state index contributed by atoms with van der Waals surface area (Å²) < 4.78 is 12.8. The molecule has 172 valence electrons. The molecule has 2 fully saturated rings. The van der Waals surface area contributed by atoms with Crippen LogP contribution in [0, 0.1) is 0 Å². The second-order valence-electron chi connectivity index (χ2n) is 9.72. The van der Waals surface area contributed by atoms with Gasteiger partial charge in [-0.2, -0.15) is 5.10 Å². The Balaban J connectivity index is 1.42. The highest BCUT2D eigenvalue weighted by Crippen LogP contribution is 2.39. The molecule has 7 heteroatoms. The average molecular weight is 446 g/mol. The van der Waals surface area contributed by atoms with Gasteiger partial charge in [-0.15, -0.1) is 0 Å². The zero-order valence-electron chi connectivity index (χ0n) is 19.5. The van der Waals surface area contributed by atoms with Gasteiger partial charge in [0.1, 0.15) is 6.33 Å². The zero-order valence-corrected chi connectivity index (χ0v) is 19.5. The van der Waals surface area contributed by atoms with E-state index in [-0.39, 0.29) is 0 Å². The van der Waals surface area contributed by atoms with Crippen LogP contribution in [0.3, 0.4) is 0 Å². The smallest absolute Gasteiger partial charge is 0.197 e. The van der Waals surface area contributed by atoms with Crippen molar-refractivity contribution in [1.82, 2.24) is 24.5 Å². The van der Waals surface area contributed by atoms with Crippen molar-refractivity contribution in [1.29, 1.82) is 0 Å². The number of nitrogens with zero attached hydrogens (tertiary/aromatic N) is 4. The molecule has 0 bridgehead atoms. The third kappa shape index (κ3) is 3.50. The molecular weight excluding hydrogens is 414 g/mol. The number of ether oxygens (including phenoxy) is 2. The minimum Gasteiger partial charge on any atom is -0.493 e. The van der Waals surface area contributed by atoms with Crippen LogP contribution in [0.1, 0.15) is 49.7 Å². The van der Waals surface area contributed by atoms with Gasteiger partial charge in [-0.25, -0.2) is 9.50 Å². The lowest BCUT2D eigenvalue weighted by Crippen LogP contribution is -2.52. The number of aromatic amines is 1. The predicted molar refractivity (Wildman–Crippen MR) is 129 cm³/mol. The molecule has 1 atom stereocenters. The average Bonchev–Trinajstić information content (AvgIpc) is 3.41. The van der Waals surface area contributed by atoms with Gasteiger partial charge in [0.25, 0.3) is 0 Å². The first-order chi connectivity index (χ1) is 16.1. The SMILES string of the molecule is COc1cc(-c2[nH]c3ccc(C4CCCN(C5COC5)C4)cc3c2C(C)C)cn2ncnc12. The minimum atomic E-state index is 0.372. The molecule has 0 radical (unpaired) electrons. The van der Waals surface area contributed by atoms with Crippen molar-refractivity contribution in [3.8, 4) is 17.0 Å². The molecule has 6 rings (SSSR count). The van der Waals surface area contributed by atoms with Crippen molar-refractivity contribution in [3.05, 3.63) is 47.9 Å². The van der Waals surface area contributed by atoms with Crippen LogP contribution in [0.15, 0.2) is 36.8 Å². The summed E-state index contributed by atoms with van der Waals surface area (Å²) in [6.07, 6.45) is 6.10. The van der Waals surface area contributed by atoms with Crippen molar-refractivity contribution in [2.24, 2.45) is 0 Å². The molecule has 7 nitrogen and oxygen atoms in total. The lowest BCUT2D eigenvalue weighted by molar-refractivity contribution is -0.0721. The van der Waals surface area contributed by atoms with E-state index < -0.39 is 0 Å². The molecule has 2 aliphatic heterocycles. The standard InChI is InChI=1S/C26H31N5O2/c1-16(2)24-21-9-17(18-5-4-8-30(11-18)20-13-33-14-20)6-7-22(21)29-25(24)19-10-23(32-3)26-27-15-28-31(26)12-19/h6-7,9-10,12,15-16,18,20,29H,4-5,8,11,13-14H2,1-3H3. The van der Waals surface area contributed by atoms with Gasteiger partial charge in [-0.3, -0.25) is 4.90 Å². The highest BCUT2D eigenvalue weighted by molar-refractivity contribution is 5.92. The lowest BCUT2D eigenvalue weighted by Gasteiger charge is -2.42. The number of nitrogens with one attached hydrogen (secondary N) is 1. The Hall–Kier alpha value is -2.90. The fraction of sp³-hybridized carbons (Fsp3) is 0.462. The van der Waals surface area contributed by atoms with Crippen molar-refractivity contribution in [2.75, 3.05) is 33.4 Å². The maximum Gasteiger partial charge on any atom is 0.197 e. The first-order valence-corrected chi connectivity index (χ1v) is 12.0. The van der Waals surface area contributed by atoms with E-state index in [1.165, 1.54) is 41.4 Å². The topological polar surface area (TPSA) is 67.7 Å². The van der Waals surface area contributed by atoms with Gasteiger partial charge in [-0.05, 0) is 60.5 Å². The molecule has 5 heterocycles.